The number of likely N-dealkylation sites (N-methyl/N-ethyl adjacent to an activating group) is 1. The van der Waals surface area contributed by atoms with Gasteiger partial charge in [-0.25, -0.2) is 0 Å². The lowest BCUT2D eigenvalue weighted by Gasteiger charge is -2.42. The number of ether oxygens (including phenoxy) is 1. The predicted molar refractivity (Wildman–Crippen MR) is 87.4 cm³/mol. The minimum atomic E-state index is -0.448. The maximum Gasteiger partial charge on any atom is 0.326 e. The molecular weight excluding hydrogens is 264 g/mol. The number of hydrogen-bond acceptors (Lipinski definition) is 4. The molecule has 124 valence electrons. The number of carbonyl (C=O) groups is 1. The van der Waals surface area contributed by atoms with E-state index in [1.165, 1.54) is 6.42 Å². The molecule has 1 aliphatic rings. The Kier molecular flexibility index (Phi) is 8.27. The maximum atomic E-state index is 12.6. The normalized spacial score (nSPS) is 26.0. The van der Waals surface area contributed by atoms with Crippen molar-refractivity contribution in [3.05, 3.63) is 0 Å². The predicted octanol–water partition coefficient (Wildman–Crippen LogP) is 2.82. The van der Waals surface area contributed by atoms with E-state index < -0.39 is 5.54 Å². The van der Waals surface area contributed by atoms with Gasteiger partial charge in [-0.05, 0) is 38.8 Å². The van der Waals surface area contributed by atoms with Crippen molar-refractivity contribution in [2.75, 3.05) is 32.8 Å². The zero-order valence-electron chi connectivity index (χ0n) is 14.4. The molecule has 1 N–H and O–H groups in total. The second kappa shape index (κ2) is 9.42. The van der Waals surface area contributed by atoms with Gasteiger partial charge < -0.3 is 15.0 Å². The number of nitrogens with zero attached hydrogens (tertiary/aromatic N) is 1. The fourth-order valence-electron chi connectivity index (χ4n) is 3.61. The summed E-state index contributed by atoms with van der Waals surface area (Å²) >= 11 is 0. The third-order valence-electron chi connectivity index (χ3n) is 4.97. The summed E-state index contributed by atoms with van der Waals surface area (Å²) in [5, 5.41) is 3.60. The van der Waals surface area contributed by atoms with E-state index in [1.807, 2.05) is 6.92 Å². The molecule has 0 bridgehead atoms. The summed E-state index contributed by atoms with van der Waals surface area (Å²) in [5.41, 5.74) is -0.448. The third kappa shape index (κ3) is 4.68. The highest BCUT2D eigenvalue weighted by atomic mass is 16.5. The second-order valence-corrected chi connectivity index (χ2v) is 6.00. The van der Waals surface area contributed by atoms with E-state index in [1.54, 1.807) is 0 Å². The molecule has 0 radical (unpaired) electrons. The lowest BCUT2D eigenvalue weighted by atomic mass is 9.71. The number of carbonyl (C=O) groups excluding carboxylic acids is 1. The van der Waals surface area contributed by atoms with E-state index in [2.05, 4.69) is 31.0 Å². The highest BCUT2D eigenvalue weighted by Crippen LogP contribution is 2.37. The Morgan fingerprint density at radius 3 is 2.52 bits per heavy atom. The summed E-state index contributed by atoms with van der Waals surface area (Å²) in [6.45, 7) is 12.9. The van der Waals surface area contributed by atoms with Crippen LogP contribution in [-0.4, -0.2) is 49.2 Å². The van der Waals surface area contributed by atoms with Gasteiger partial charge in [0.15, 0.2) is 0 Å². The van der Waals surface area contributed by atoms with Crippen LogP contribution in [-0.2, 0) is 9.53 Å². The monoisotopic (exact) mass is 298 g/mol. The van der Waals surface area contributed by atoms with Gasteiger partial charge >= 0.3 is 5.97 Å². The maximum absolute atomic E-state index is 12.6. The Hall–Kier alpha value is -0.610. The van der Waals surface area contributed by atoms with Gasteiger partial charge in [-0.3, -0.25) is 4.79 Å². The average Bonchev–Trinajstić information content (AvgIpc) is 2.52. The summed E-state index contributed by atoms with van der Waals surface area (Å²) in [5.74, 6) is 0.373. The molecule has 2 atom stereocenters. The molecule has 2 unspecified atom stereocenters. The molecule has 4 heteroatoms. The molecule has 4 nitrogen and oxygen atoms in total. The van der Waals surface area contributed by atoms with Gasteiger partial charge in [0.05, 0.1) is 6.61 Å². The van der Waals surface area contributed by atoms with Gasteiger partial charge in [0.25, 0.3) is 0 Å². The Morgan fingerprint density at radius 2 is 1.95 bits per heavy atom. The van der Waals surface area contributed by atoms with Crippen LogP contribution in [0, 0.1) is 5.92 Å². The average molecular weight is 298 g/mol. The molecule has 0 aromatic heterocycles. The number of hydrogen-bond donors (Lipinski definition) is 1. The van der Waals surface area contributed by atoms with E-state index in [-0.39, 0.29) is 5.97 Å². The number of esters is 1. The Morgan fingerprint density at radius 1 is 1.24 bits per heavy atom. The molecule has 1 aliphatic carbocycles. The van der Waals surface area contributed by atoms with Gasteiger partial charge in [0.2, 0.25) is 0 Å². The number of rotatable bonds is 9. The second-order valence-electron chi connectivity index (χ2n) is 6.00. The summed E-state index contributed by atoms with van der Waals surface area (Å²) in [6.07, 6.45) is 5.44. The van der Waals surface area contributed by atoms with Crippen LogP contribution in [0.4, 0.5) is 0 Å². The molecule has 0 spiro atoms. The Bertz CT molecular complexity index is 305. The van der Waals surface area contributed by atoms with Crippen LogP contribution in [0.25, 0.3) is 0 Å². The van der Waals surface area contributed by atoms with Gasteiger partial charge in [0.1, 0.15) is 5.54 Å². The van der Waals surface area contributed by atoms with Crippen molar-refractivity contribution < 1.29 is 9.53 Å². The van der Waals surface area contributed by atoms with E-state index in [4.69, 9.17) is 4.74 Å². The fraction of sp³-hybridized carbons (Fsp3) is 0.941. The van der Waals surface area contributed by atoms with Crippen molar-refractivity contribution >= 4 is 5.97 Å². The van der Waals surface area contributed by atoms with Gasteiger partial charge in [-0.2, -0.15) is 0 Å². The Labute approximate surface area is 130 Å². The van der Waals surface area contributed by atoms with Crippen LogP contribution in [0.2, 0.25) is 0 Å². The highest BCUT2D eigenvalue weighted by molar-refractivity contribution is 5.81. The molecule has 1 fully saturated rings. The largest absolute Gasteiger partial charge is 0.465 e. The van der Waals surface area contributed by atoms with Crippen LogP contribution < -0.4 is 5.32 Å². The van der Waals surface area contributed by atoms with Crippen LogP contribution >= 0.6 is 0 Å². The lowest BCUT2D eigenvalue weighted by Crippen LogP contribution is -2.60. The summed E-state index contributed by atoms with van der Waals surface area (Å²) < 4.78 is 5.41. The number of nitrogens with one attached hydrogen (secondary N) is 1. The lowest BCUT2D eigenvalue weighted by molar-refractivity contribution is -0.156. The molecule has 0 aromatic carbocycles. The molecule has 0 aliphatic heterocycles. The molecule has 1 rings (SSSR count). The van der Waals surface area contributed by atoms with E-state index >= 15 is 0 Å². The van der Waals surface area contributed by atoms with Crippen molar-refractivity contribution in [2.45, 2.75) is 65.3 Å². The van der Waals surface area contributed by atoms with Crippen molar-refractivity contribution in [3.8, 4) is 0 Å². The zero-order chi connectivity index (χ0) is 15.7. The zero-order valence-corrected chi connectivity index (χ0v) is 14.4. The van der Waals surface area contributed by atoms with Crippen molar-refractivity contribution in [1.82, 2.24) is 10.2 Å². The summed E-state index contributed by atoms with van der Waals surface area (Å²) in [6, 6.07) is 0. The van der Waals surface area contributed by atoms with Crippen LogP contribution in [0.3, 0.4) is 0 Å². The molecule has 1 saturated carbocycles. The van der Waals surface area contributed by atoms with Gasteiger partial charge in [-0.1, -0.05) is 40.0 Å². The molecule has 0 aromatic rings. The third-order valence-corrected chi connectivity index (χ3v) is 4.97. The first kappa shape index (κ1) is 18.4. The van der Waals surface area contributed by atoms with Gasteiger partial charge in [-0.15, -0.1) is 0 Å². The van der Waals surface area contributed by atoms with Gasteiger partial charge in [0, 0.05) is 13.1 Å². The summed E-state index contributed by atoms with van der Waals surface area (Å²) in [4.78, 5) is 15.0. The smallest absolute Gasteiger partial charge is 0.326 e. The van der Waals surface area contributed by atoms with Crippen molar-refractivity contribution in [3.63, 3.8) is 0 Å². The first-order valence-corrected chi connectivity index (χ1v) is 8.79. The molecular formula is C17H34N2O2. The standard InChI is InChI=1S/C17H34N2O2/c1-5-15-11-9-10-12-17(15,16(20)21-8-4)18-13-14-19(6-2)7-3/h15,18H,5-14H2,1-4H3. The first-order valence-electron chi connectivity index (χ1n) is 8.79. The summed E-state index contributed by atoms with van der Waals surface area (Å²) in [7, 11) is 0. The highest BCUT2D eigenvalue weighted by Gasteiger charge is 2.46. The van der Waals surface area contributed by atoms with Crippen LogP contribution in [0.5, 0.6) is 0 Å². The van der Waals surface area contributed by atoms with E-state index in [9.17, 15) is 4.79 Å². The minimum absolute atomic E-state index is 0.0314. The minimum Gasteiger partial charge on any atom is -0.465 e. The molecule has 0 amide bonds. The van der Waals surface area contributed by atoms with Crippen molar-refractivity contribution in [2.24, 2.45) is 5.92 Å². The quantitative estimate of drug-likeness (QED) is 0.665. The van der Waals surface area contributed by atoms with E-state index in [0.29, 0.717) is 12.5 Å². The van der Waals surface area contributed by atoms with Crippen LogP contribution in [0.1, 0.15) is 59.8 Å². The van der Waals surface area contributed by atoms with Crippen LogP contribution in [0.15, 0.2) is 0 Å². The van der Waals surface area contributed by atoms with Crippen molar-refractivity contribution in [1.29, 1.82) is 0 Å². The first-order chi connectivity index (χ1) is 10.1. The fourth-order valence-corrected chi connectivity index (χ4v) is 3.61. The molecule has 0 heterocycles. The Balaban J connectivity index is 2.74. The van der Waals surface area contributed by atoms with E-state index in [0.717, 1.165) is 51.9 Å². The SMILES string of the molecule is CCOC(=O)C1(NCCN(CC)CC)CCCCC1CC. The topological polar surface area (TPSA) is 41.6 Å². The molecule has 21 heavy (non-hydrogen) atoms. The molecule has 0 saturated heterocycles.